The summed E-state index contributed by atoms with van der Waals surface area (Å²) in [6.07, 6.45) is 0. The molecule has 8 heteroatoms. The third kappa shape index (κ3) is 3.38. The molecule has 0 aromatic heterocycles. The first-order chi connectivity index (χ1) is 12.5. The minimum atomic E-state index is -1.82. The number of amidine groups is 1. The minimum absolute atomic E-state index is 0.244. The minimum Gasteiger partial charge on any atom is -0.497 e. The van der Waals surface area contributed by atoms with Crippen molar-refractivity contribution in [3.63, 3.8) is 0 Å². The number of nitrogens with zero attached hydrogens (tertiary/aromatic N) is 1. The van der Waals surface area contributed by atoms with Crippen LogP contribution in [-0.2, 0) is 4.79 Å². The molecular weight excluding hydrogens is 377 g/mol. The Morgan fingerprint density at radius 2 is 1.92 bits per heavy atom. The van der Waals surface area contributed by atoms with Crippen LogP contribution in [-0.4, -0.2) is 35.3 Å². The third-order valence-electron chi connectivity index (χ3n) is 3.87. The van der Waals surface area contributed by atoms with Crippen LogP contribution < -0.4 is 15.4 Å². The summed E-state index contributed by atoms with van der Waals surface area (Å²) in [4.78, 5) is 28.1. The number of alkyl halides is 2. The van der Waals surface area contributed by atoms with E-state index in [0.717, 1.165) is 0 Å². The van der Waals surface area contributed by atoms with Crippen LogP contribution in [0.1, 0.15) is 15.9 Å². The van der Waals surface area contributed by atoms with E-state index in [4.69, 9.17) is 27.9 Å². The highest BCUT2D eigenvalue weighted by Crippen LogP contribution is 2.28. The molecule has 1 aliphatic rings. The maximum absolute atomic E-state index is 12.6. The molecule has 0 saturated heterocycles. The van der Waals surface area contributed by atoms with Gasteiger partial charge in [-0.25, -0.2) is 4.99 Å². The van der Waals surface area contributed by atoms with E-state index >= 15 is 0 Å². The molecule has 0 bridgehead atoms. The predicted octanol–water partition coefficient (Wildman–Crippen LogP) is 2.50. The lowest BCUT2D eigenvalue weighted by Crippen LogP contribution is -2.58. The van der Waals surface area contributed by atoms with E-state index in [1.54, 1.807) is 54.6 Å². The molecule has 2 aromatic carbocycles. The van der Waals surface area contributed by atoms with Gasteiger partial charge in [-0.1, -0.05) is 53.5 Å². The zero-order valence-corrected chi connectivity index (χ0v) is 15.2. The van der Waals surface area contributed by atoms with Crippen molar-refractivity contribution in [2.75, 3.05) is 7.11 Å². The van der Waals surface area contributed by atoms with Crippen molar-refractivity contribution in [2.45, 2.75) is 10.5 Å². The van der Waals surface area contributed by atoms with Crippen molar-refractivity contribution in [1.82, 2.24) is 10.6 Å². The number of amides is 2. The summed E-state index contributed by atoms with van der Waals surface area (Å²) in [6.45, 7) is 0. The fraction of sp³-hybridized carbons (Fsp3) is 0.167. The number of halogens is 2. The number of aliphatic imine (C=N–C) groups is 1. The van der Waals surface area contributed by atoms with Gasteiger partial charge in [-0.05, 0) is 24.3 Å². The highest BCUT2D eigenvalue weighted by atomic mass is 35.5. The number of hydrogen-bond donors (Lipinski definition) is 2. The molecule has 2 amide bonds. The number of rotatable bonds is 5. The second-order valence-corrected chi connectivity index (χ2v) is 6.63. The van der Waals surface area contributed by atoms with Gasteiger partial charge in [0.05, 0.1) is 7.11 Å². The first-order valence-corrected chi connectivity index (χ1v) is 8.55. The van der Waals surface area contributed by atoms with Gasteiger partial charge in [0.15, 0.2) is 4.84 Å². The van der Waals surface area contributed by atoms with Crippen LogP contribution in [0, 0.1) is 0 Å². The second kappa shape index (κ2) is 7.35. The van der Waals surface area contributed by atoms with Gasteiger partial charge in [0.25, 0.3) is 11.8 Å². The molecule has 0 aliphatic carbocycles. The fourth-order valence-electron chi connectivity index (χ4n) is 2.49. The Kier molecular flexibility index (Phi) is 5.15. The fourth-order valence-corrected chi connectivity index (χ4v) is 2.89. The quantitative estimate of drug-likeness (QED) is 0.768. The lowest BCUT2D eigenvalue weighted by atomic mass is 10.1. The van der Waals surface area contributed by atoms with Crippen molar-refractivity contribution in [2.24, 2.45) is 4.99 Å². The van der Waals surface area contributed by atoms with Crippen molar-refractivity contribution in [3.8, 4) is 5.75 Å². The van der Waals surface area contributed by atoms with Crippen molar-refractivity contribution in [1.29, 1.82) is 0 Å². The zero-order valence-electron chi connectivity index (χ0n) is 13.7. The molecular formula is C18H15Cl2N3O3. The Morgan fingerprint density at radius 1 is 1.19 bits per heavy atom. The van der Waals surface area contributed by atoms with Gasteiger partial charge in [-0.3, -0.25) is 9.59 Å². The van der Waals surface area contributed by atoms with E-state index in [2.05, 4.69) is 15.6 Å². The van der Waals surface area contributed by atoms with Gasteiger partial charge in [-0.2, -0.15) is 0 Å². The topological polar surface area (TPSA) is 79.8 Å². The molecule has 1 aliphatic heterocycles. The molecule has 0 saturated carbocycles. The molecule has 0 radical (unpaired) electrons. The molecule has 1 heterocycles. The van der Waals surface area contributed by atoms with Crippen LogP contribution in [0.3, 0.4) is 0 Å². The molecule has 1 atom stereocenters. The lowest BCUT2D eigenvalue weighted by Gasteiger charge is -2.25. The number of carbonyl (C=O) groups excluding carboxylic acids is 2. The van der Waals surface area contributed by atoms with Crippen LogP contribution in [0.15, 0.2) is 59.6 Å². The Labute approximate surface area is 160 Å². The molecule has 2 aromatic rings. The summed E-state index contributed by atoms with van der Waals surface area (Å²) >= 11 is 12.1. The van der Waals surface area contributed by atoms with E-state index in [9.17, 15) is 9.59 Å². The molecule has 3 rings (SSSR count). The first-order valence-electron chi connectivity index (χ1n) is 7.67. The van der Waals surface area contributed by atoms with Gasteiger partial charge in [0.1, 0.15) is 11.6 Å². The normalized spacial score (nSPS) is 19.1. The first kappa shape index (κ1) is 18.2. The van der Waals surface area contributed by atoms with Gasteiger partial charge in [0.2, 0.25) is 5.66 Å². The smallest absolute Gasteiger partial charge is 0.277 e. The third-order valence-corrected chi connectivity index (χ3v) is 4.50. The van der Waals surface area contributed by atoms with Gasteiger partial charge in [-0.15, -0.1) is 0 Å². The number of benzene rings is 2. The number of nitrogens with one attached hydrogen (secondary N) is 2. The summed E-state index contributed by atoms with van der Waals surface area (Å²) in [7, 11) is 1.53. The Morgan fingerprint density at radius 3 is 2.58 bits per heavy atom. The summed E-state index contributed by atoms with van der Waals surface area (Å²) in [5, 5.41) is 5.18. The molecule has 2 N–H and O–H groups in total. The number of ether oxygens (including phenoxy) is 1. The second-order valence-electron chi connectivity index (χ2n) is 5.53. The van der Waals surface area contributed by atoms with Crippen LogP contribution in [0.5, 0.6) is 5.75 Å². The molecule has 0 spiro atoms. The predicted molar refractivity (Wildman–Crippen MR) is 99.8 cm³/mol. The Bertz CT molecular complexity index is 871. The summed E-state index contributed by atoms with van der Waals surface area (Å²) in [5.74, 6) is -0.288. The van der Waals surface area contributed by atoms with Gasteiger partial charge < -0.3 is 15.4 Å². The van der Waals surface area contributed by atoms with E-state index in [0.29, 0.717) is 16.9 Å². The van der Waals surface area contributed by atoms with E-state index in [1.165, 1.54) is 7.11 Å². The SMILES string of the molecule is COc1cccc(C2=N[C@](NC(=O)c3ccccc3)(C(Cl)Cl)C(=O)N2)c1. The molecule has 0 unspecified atom stereocenters. The monoisotopic (exact) mass is 391 g/mol. The average Bonchev–Trinajstić information content (AvgIpc) is 3.00. The summed E-state index contributed by atoms with van der Waals surface area (Å²) < 4.78 is 5.17. The Balaban J connectivity index is 1.96. The van der Waals surface area contributed by atoms with Gasteiger partial charge >= 0.3 is 0 Å². The maximum atomic E-state index is 12.6. The maximum Gasteiger partial charge on any atom is 0.277 e. The summed E-state index contributed by atoms with van der Waals surface area (Å²) in [5.41, 5.74) is -0.866. The number of methoxy groups -OCH3 is 1. The van der Waals surface area contributed by atoms with Crippen LogP contribution in [0.4, 0.5) is 0 Å². The lowest BCUT2D eigenvalue weighted by molar-refractivity contribution is -0.124. The zero-order chi connectivity index (χ0) is 18.7. The standard InChI is InChI=1S/C18H15Cl2N3O3/c1-26-13-9-5-8-12(10-13)14-21-17(25)18(22-14,16(19)20)23-15(24)11-6-3-2-4-7-11/h2-10,16H,1H3,(H,23,24)(H,21,22,25)/t18-/m0/s1. The average molecular weight is 392 g/mol. The Hall–Kier alpha value is -2.57. The largest absolute Gasteiger partial charge is 0.497 e. The number of carbonyl (C=O) groups is 2. The van der Waals surface area contributed by atoms with Crippen LogP contribution in [0.2, 0.25) is 0 Å². The van der Waals surface area contributed by atoms with Gasteiger partial charge in [0, 0.05) is 11.1 Å². The van der Waals surface area contributed by atoms with E-state index in [-0.39, 0.29) is 5.84 Å². The van der Waals surface area contributed by atoms with Crippen LogP contribution in [0.25, 0.3) is 0 Å². The molecule has 0 fully saturated rings. The van der Waals surface area contributed by atoms with E-state index < -0.39 is 22.3 Å². The van der Waals surface area contributed by atoms with Crippen LogP contribution >= 0.6 is 23.2 Å². The molecule has 26 heavy (non-hydrogen) atoms. The molecule has 134 valence electrons. The highest BCUT2D eigenvalue weighted by Gasteiger charge is 2.50. The van der Waals surface area contributed by atoms with Crippen molar-refractivity contribution < 1.29 is 14.3 Å². The summed E-state index contributed by atoms with van der Waals surface area (Å²) in [6, 6.07) is 15.4. The van der Waals surface area contributed by atoms with E-state index in [1.807, 2.05) is 0 Å². The molecule has 6 nitrogen and oxygen atoms in total. The highest BCUT2D eigenvalue weighted by molar-refractivity contribution is 6.47. The number of hydrogen-bond acceptors (Lipinski definition) is 4. The van der Waals surface area contributed by atoms with Crippen molar-refractivity contribution in [3.05, 3.63) is 65.7 Å². The van der Waals surface area contributed by atoms with Crippen molar-refractivity contribution >= 4 is 40.9 Å².